The standard InChI is InChI=1S/C13H9N3O6/c17-13(8-1-3-10-11(5-8)21-7-20-10)15-14-6-9-2-4-12(22-9)16(18)19/h1-6H,7H2,(H,15,17)/b14-6-. The molecular weight excluding hydrogens is 294 g/mol. The van der Waals surface area contributed by atoms with E-state index in [9.17, 15) is 14.9 Å². The van der Waals surface area contributed by atoms with Crippen molar-refractivity contribution in [3.05, 3.63) is 51.8 Å². The van der Waals surface area contributed by atoms with Crippen molar-refractivity contribution >= 4 is 18.0 Å². The average Bonchev–Trinajstić information content (AvgIpc) is 3.15. The van der Waals surface area contributed by atoms with E-state index in [0.29, 0.717) is 17.1 Å². The Morgan fingerprint density at radius 1 is 1.27 bits per heavy atom. The molecule has 9 heteroatoms. The maximum absolute atomic E-state index is 11.9. The molecule has 9 nitrogen and oxygen atoms in total. The Morgan fingerprint density at radius 2 is 2.09 bits per heavy atom. The minimum absolute atomic E-state index is 0.121. The summed E-state index contributed by atoms with van der Waals surface area (Å²) in [6, 6.07) is 7.28. The zero-order valence-corrected chi connectivity index (χ0v) is 11.0. The van der Waals surface area contributed by atoms with E-state index >= 15 is 0 Å². The van der Waals surface area contributed by atoms with Gasteiger partial charge in [0.25, 0.3) is 5.91 Å². The van der Waals surface area contributed by atoms with Crippen LogP contribution in [-0.4, -0.2) is 23.8 Å². The zero-order valence-electron chi connectivity index (χ0n) is 11.0. The van der Waals surface area contributed by atoms with Crippen LogP contribution in [0.5, 0.6) is 11.5 Å². The van der Waals surface area contributed by atoms with Crippen molar-refractivity contribution in [3.63, 3.8) is 0 Å². The number of nitro groups is 1. The minimum Gasteiger partial charge on any atom is -0.454 e. The molecule has 0 fully saturated rings. The molecule has 0 bridgehead atoms. The quantitative estimate of drug-likeness (QED) is 0.522. The van der Waals surface area contributed by atoms with Crippen LogP contribution < -0.4 is 14.9 Å². The second-order valence-corrected chi connectivity index (χ2v) is 4.20. The first-order valence-corrected chi connectivity index (χ1v) is 6.11. The van der Waals surface area contributed by atoms with Gasteiger partial charge in [0.15, 0.2) is 17.3 Å². The molecule has 2 heterocycles. The van der Waals surface area contributed by atoms with E-state index in [2.05, 4.69) is 10.5 Å². The van der Waals surface area contributed by atoms with E-state index in [1.807, 2.05) is 0 Å². The third-order valence-electron chi connectivity index (χ3n) is 2.79. The summed E-state index contributed by atoms with van der Waals surface area (Å²) in [6.45, 7) is 0.121. The van der Waals surface area contributed by atoms with Crippen LogP contribution in [0, 0.1) is 10.1 Å². The highest BCUT2D eigenvalue weighted by molar-refractivity contribution is 5.95. The first-order chi connectivity index (χ1) is 10.6. The van der Waals surface area contributed by atoms with Crippen LogP contribution in [0.2, 0.25) is 0 Å². The summed E-state index contributed by atoms with van der Waals surface area (Å²) in [5.41, 5.74) is 2.62. The molecule has 1 aliphatic heterocycles. The van der Waals surface area contributed by atoms with E-state index < -0.39 is 16.7 Å². The molecule has 1 aromatic carbocycles. The van der Waals surface area contributed by atoms with Crippen molar-refractivity contribution in [2.75, 3.05) is 6.79 Å². The Bertz CT molecular complexity index is 767. The number of fused-ring (bicyclic) bond motifs is 1. The van der Waals surface area contributed by atoms with Gasteiger partial charge in [0.1, 0.15) is 4.92 Å². The summed E-state index contributed by atoms with van der Waals surface area (Å²) in [7, 11) is 0. The SMILES string of the molecule is O=C(N/N=C\c1ccc([N+](=O)[O-])o1)c1ccc2c(c1)OCO2. The van der Waals surface area contributed by atoms with Gasteiger partial charge in [-0.3, -0.25) is 14.9 Å². The average molecular weight is 303 g/mol. The summed E-state index contributed by atoms with van der Waals surface area (Å²) in [4.78, 5) is 21.7. The zero-order chi connectivity index (χ0) is 15.5. The summed E-state index contributed by atoms with van der Waals surface area (Å²) in [5.74, 6) is 0.345. The molecule has 0 saturated heterocycles. The second kappa shape index (κ2) is 5.56. The topological polar surface area (TPSA) is 116 Å². The van der Waals surface area contributed by atoms with Crippen LogP contribution in [0.15, 0.2) is 39.9 Å². The summed E-state index contributed by atoms with van der Waals surface area (Å²) >= 11 is 0. The van der Waals surface area contributed by atoms with Crippen LogP contribution in [-0.2, 0) is 0 Å². The number of nitrogens with zero attached hydrogens (tertiary/aromatic N) is 2. The molecule has 0 aliphatic carbocycles. The summed E-state index contributed by atoms with van der Waals surface area (Å²) in [5, 5.41) is 14.1. The molecule has 112 valence electrons. The monoisotopic (exact) mass is 303 g/mol. The Labute approximate surface area is 123 Å². The molecule has 1 aromatic heterocycles. The molecule has 1 aliphatic rings. The number of furan rings is 1. The van der Waals surface area contributed by atoms with Crippen molar-refractivity contribution in [3.8, 4) is 11.5 Å². The highest BCUT2D eigenvalue weighted by atomic mass is 16.7. The smallest absolute Gasteiger partial charge is 0.433 e. The molecule has 3 rings (SSSR count). The van der Waals surface area contributed by atoms with Gasteiger partial charge in [-0.15, -0.1) is 0 Å². The molecule has 0 radical (unpaired) electrons. The fraction of sp³-hybridized carbons (Fsp3) is 0.0769. The lowest BCUT2D eigenvalue weighted by Gasteiger charge is -2.01. The highest BCUT2D eigenvalue weighted by Crippen LogP contribution is 2.32. The van der Waals surface area contributed by atoms with Crippen molar-refractivity contribution < 1.29 is 23.6 Å². The molecule has 2 aromatic rings. The molecule has 0 atom stereocenters. The van der Waals surface area contributed by atoms with Gasteiger partial charge in [0.2, 0.25) is 6.79 Å². The number of amides is 1. The van der Waals surface area contributed by atoms with Crippen LogP contribution in [0.3, 0.4) is 0 Å². The third kappa shape index (κ3) is 2.73. The van der Waals surface area contributed by atoms with Gasteiger partial charge >= 0.3 is 5.88 Å². The van der Waals surface area contributed by atoms with Crippen LogP contribution in [0.1, 0.15) is 16.1 Å². The number of carbonyl (C=O) groups is 1. The third-order valence-corrected chi connectivity index (χ3v) is 2.79. The number of hydrogen-bond donors (Lipinski definition) is 1. The molecule has 0 saturated carbocycles. The van der Waals surface area contributed by atoms with E-state index in [-0.39, 0.29) is 12.6 Å². The molecular formula is C13H9N3O6. The van der Waals surface area contributed by atoms with Gasteiger partial charge in [-0.05, 0) is 24.3 Å². The lowest BCUT2D eigenvalue weighted by Crippen LogP contribution is -2.17. The molecule has 0 spiro atoms. The van der Waals surface area contributed by atoms with Crippen molar-refractivity contribution in [2.24, 2.45) is 5.10 Å². The number of benzene rings is 1. The van der Waals surface area contributed by atoms with Crippen molar-refractivity contribution in [2.45, 2.75) is 0 Å². The number of rotatable bonds is 4. The molecule has 0 unspecified atom stereocenters. The Hall–Kier alpha value is -3.36. The fourth-order valence-corrected chi connectivity index (χ4v) is 1.77. The number of carbonyl (C=O) groups excluding carboxylic acids is 1. The summed E-state index contributed by atoms with van der Waals surface area (Å²) in [6.07, 6.45) is 1.16. The number of nitrogens with one attached hydrogen (secondary N) is 1. The molecule has 1 N–H and O–H groups in total. The normalized spacial score (nSPS) is 12.5. The van der Waals surface area contributed by atoms with Crippen molar-refractivity contribution in [1.82, 2.24) is 5.43 Å². The fourth-order valence-electron chi connectivity index (χ4n) is 1.77. The maximum atomic E-state index is 11.9. The Kier molecular flexibility index (Phi) is 3.44. The predicted molar refractivity (Wildman–Crippen MR) is 73.0 cm³/mol. The first kappa shape index (κ1) is 13.6. The predicted octanol–water partition coefficient (Wildman–Crippen LogP) is 1.68. The number of ether oxygens (including phenoxy) is 2. The van der Waals surface area contributed by atoms with Crippen LogP contribution >= 0.6 is 0 Å². The number of hydrazone groups is 1. The Balaban J connectivity index is 1.64. The van der Waals surface area contributed by atoms with E-state index in [1.54, 1.807) is 12.1 Å². The largest absolute Gasteiger partial charge is 0.454 e. The first-order valence-electron chi connectivity index (χ1n) is 6.11. The maximum Gasteiger partial charge on any atom is 0.433 e. The van der Waals surface area contributed by atoms with Gasteiger partial charge < -0.3 is 13.9 Å². The van der Waals surface area contributed by atoms with E-state index in [4.69, 9.17) is 13.9 Å². The minimum atomic E-state index is -0.664. The second-order valence-electron chi connectivity index (χ2n) is 4.20. The highest BCUT2D eigenvalue weighted by Gasteiger charge is 2.16. The summed E-state index contributed by atoms with van der Waals surface area (Å²) < 4.78 is 15.2. The number of hydrogen-bond acceptors (Lipinski definition) is 7. The van der Waals surface area contributed by atoms with Crippen LogP contribution in [0.25, 0.3) is 0 Å². The van der Waals surface area contributed by atoms with Gasteiger partial charge in [-0.25, -0.2) is 5.43 Å². The van der Waals surface area contributed by atoms with E-state index in [1.165, 1.54) is 18.2 Å². The lowest BCUT2D eigenvalue weighted by atomic mass is 10.2. The van der Waals surface area contributed by atoms with E-state index in [0.717, 1.165) is 6.21 Å². The van der Waals surface area contributed by atoms with Crippen LogP contribution in [0.4, 0.5) is 5.88 Å². The lowest BCUT2D eigenvalue weighted by molar-refractivity contribution is -0.402. The molecule has 22 heavy (non-hydrogen) atoms. The van der Waals surface area contributed by atoms with Gasteiger partial charge in [-0.2, -0.15) is 5.10 Å². The van der Waals surface area contributed by atoms with Gasteiger partial charge in [-0.1, -0.05) is 0 Å². The van der Waals surface area contributed by atoms with Gasteiger partial charge in [0, 0.05) is 5.56 Å². The van der Waals surface area contributed by atoms with Gasteiger partial charge in [0.05, 0.1) is 12.3 Å². The molecule has 1 amide bonds. The van der Waals surface area contributed by atoms with Crippen molar-refractivity contribution in [1.29, 1.82) is 0 Å². The Morgan fingerprint density at radius 3 is 2.86 bits per heavy atom.